The van der Waals surface area contributed by atoms with Gasteiger partial charge >= 0.3 is 0 Å². The predicted molar refractivity (Wildman–Crippen MR) is 104 cm³/mol. The number of hydrogen-bond donors (Lipinski definition) is 1. The molecule has 0 spiro atoms. The zero-order valence-electron chi connectivity index (χ0n) is 15.5. The first-order chi connectivity index (χ1) is 12.3. The Kier molecular flexibility index (Phi) is 6.50. The van der Waals surface area contributed by atoms with Gasteiger partial charge in [0.25, 0.3) is 0 Å². The van der Waals surface area contributed by atoms with Gasteiger partial charge in [-0.2, -0.15) is 0 Å². The minimum atomic E-state index is 0.610. The van der Waals surface area contributed by atoms with Gasteiger partial charge in [-0.25, -0.2) is 9.98 Å². The molecule has 2 saturated heterocycles. The molecule has 0 unspecified atom stereocenters. The Labute approximate surface area is 151 Å². The number of likely N-dealkylation sites (tertiary alicyclic amines) is 1. The molecule has 0 atom stereocenters. The van der Waals surface area contributed by atoms with Crippen molar-refractivity contribution in [1.82, 2.24) is 14.8 Å². The van der Waals surface area contributed by atoms with Gasteiger partial charge in [0.15, 0.2) is 5.96 Å². The van der Waals surface area contributed by atoms with Crippen LogP contribution in [0.25, 0.3) is 0 Å². The molecule has 0 bridgehead atoms. The highest BCUT2D eigenvalue weighted by atomic mass is 15.3. The van der Waals surface area contributed by atoms with E-state index in [4.69, 9.17) is 5.73 Å². The van der Waals surface area contributed by atoms with Crippen LogP contribution in [-0.2, 0) is 6.54 Å². The Morgan fingerprint density at radius 3 is 2.36 bits per heavy atom. The molecule has 0 amide bonds. The molecule has 1 aromatic rings. The number of pyridine rings is 1. The van der Waals surface area contributed by atoms with Crippen LogP contribution in [0.5, 0.6) is 0 Å². The number of nitrogens with zero attached hydrogens (tertiary/aromatic N) is 5. The first-order valence-electron chi connectivity index (χ1n) is 9.73. The van der Waals surface area contributed by atoms with Crippen molar-refractivity contribution in [2.45, 2.75) is 39.2 Å². The number of nitrogens with two attached hydrogens (primary N) is 1. The molecular weight excluding hydrogens is 312 g/mol. The topological polar surface area (TPSA) is 61.0 Å². The van der Waals surface area contributed by atoms with Crippen LogP contribution in [0.3, 0.4) is 0 Å². The molecule has 0 aliphatic carbocycles. The van der Waals surface area contributed by atoms with Crippen LogP contribution in [0, 0.1) is 0 Å². The lowest BCUT2D eigenvalue weighted by atomic mass is 10.2. The summed E-state index contributed by atoms with van der Waals surface area (Å²) in [5.74, 6) is 1.76. The van der Waals surface area contributed by atoms with Crippen molar-refractivity contribution in [3.05, 3.63) is 23.9 Å². The molecule has 25 heavy (non-hydrogen) atoms. The maximum atomic E-state index is 6.18. The highest BCUT2D eigenvalue weighted by Gasteiger charge is 2.16. The van der Waals surface area contributed by atoms with Crippen molar-refractivity contribution in [2.24, 2.45) is 10.7 Å². The van der Waals surface area contributed by atoms with Gasteiger partial charge in [0.1, 0.15) is 5.82 Å². The quantitative estimate of drug-likeness (QED) is 0.668. The highest BCUT2D eigenvalue weighted by molar-refractivity contribution is 5.78. The maximum Gasteiger partial charge on any atom is 0.191 e. The third-order valence-corrected chi connectivity index (χ3v) is 5.31. The molecule has 6 nitrogen and oxygen atoms in total. The van der Waals surface area contributed by atoms with Gasteiger partial charge < -0.3 is 20.4 Å². The van der Waals surface area contributed by atoms with E-state index in [9.17, 15) is 0 Å². The number of aliphatic imine (C=N–C) groups is 1. The molecule has 3 heterocycles. The average Bonchev–Trinajstić information content (AvgIpc) is 2.96. The van der Waals surface area contributed by atoms with Crippen LogP contribution in [-0.4, -0.2) is 66.6 Å². The van der Waals surface area contributed by atoms with Crippen LogP contribution in [0.1, 0.15) is 38.2 Å². The predicted octanol–water partition coefficient (Wildman–Crippen LogP) is 1.91. The fraction of sp³-hybridized carbons (Fsp3) is 0.684. The minimum Gasteiger partial charge on any atom is -0.370 e. The van der Waals surface area contributed by atoms with E-state index in [-0.39, 0.29) is 0 Å². The Bertz CT molecular complexity index is 540. The van der Waals surface area contributed by atoms with E-state index in [0.717, 1.165) is 57.2 Å². The van der Waals surface area contributed by atoms with E-state index >= 15 is 0 Å². The first-order valence-corrected chi connectivity index (χ1v) is 9.73. The van der Waals surface area contributed by atoms with E-state index < -0.39 is 0 Å². The molecule has 0 saturated carbocycles. The summed E-state index contributed by atoms with van der Waals surface area (Å²) in [6.07, 6.45) is 7.00. The summed E-state index contributed by atoms with van der Waals surface area (Å²) in [5.41, 5.74) is 7.30. The van der Waals surface area contributed by atoms with Crippen LogP contribution < -0.4 is 10.6 Å². The molecule has 3 rings (SSSR count). The van der Waals surface area contributed by atoms with Crippen molar-refractivity contribution in [3.8, 4) is 0 Å². The van der Waals surface area contributed by atoms with Gasteiger partial charge in [-0.3, -0.25) is 0 Å². The van der Waals surface area contributed by atoms with Crippen molar-refractivity contribution >= 4 is 11.8 Å². The summed E-state index contributed by atoms with van der Waals surface area (Å²) >= 11 is 0. The third kappa shape index (κ3) is 5.08. The Hall–Kier alpha value is -1.82. The van der Waals surface area contributed by atoms with Crippen LogP contribution in [0.4, 0.5) is 5.82 Å². The van der Waals surface area contributed by atoms with E-state index in [1.165, 1.54) is 25.7 Å². The fourth-order valence-electron chi connectivity index (χ4n) is 3.56. The number of guanidine groups is 1. The second kappa shape index (κ2) is 9.04. The maximum absolute atomic E-state index is 6.18. The summed E-state index contributed by atoms with van der Waals surface area (Å²) < 4.78 is 0. The lowest BCUT2D eigenvalue weighted by molar-refractivity contribution is 0.270. The van der Waals surface area contributed by atoms with Gasteiger partial charge in [0.05, 0.1) is 6.54 Å². The second-order valence-corrected chi connectivity index (χ2v) is 7.02. The second-order valence-electron chi connectivity index (χ2n) is 7.02. The molecule has 2 aliphatic heterocycles. The number of rotatable bonds is 4. The van der Waals surface area contributed by atoms with Gasteiger partial charge in [0, 0.05) is 45.5 Å². The lowest BCUT2D eigenvalue weighted by Crippen LogP contribution is -2.46. The van der Waals surface area contributed by atoms with Gasteiger partial charge in [-0.05, 0) is 31.0 Å². The van der Waals surface area contributed by atoms with Crippen LogP contribution >= 0.6 is 0 Å². The zero-order chi connectivity index (χ0) is 17.5. The third-order valence-electron chi connectivity index (χ3n) is 5.31. The Balaban J connectivity index is 1.53. The summed E-state index contributed by atoms with van der Waals surface area (Å²) in [6, 6.07) is 4.25. The van der Waals surface area contributed by atoms with Gasteiger partial charge in [0.2, 0.25) is 0 Å². The zero-order valence-corrected chi connectivity index (χ0v) is 15.5. The number of anilines is 1. The molecule has 1 aromatic heterocycles. The number of aromatic nitrogens is 1. The van der Waals surface area contributed by atoms with Crippen molar-refractivity contribution in [2.75, 3.05) is 50.7 Å². The van der Waals surface area contributed by atoms with Gasteiger partial charge in [-0.15, -0.1) is 0 Å². The number of hydrogen-bond acceptors (Lipinski definition) is 4. The Morgan fingerprint density at radius 2 is 1.76 bits per heavy atom. The monoisotopic (exact) mass is 344 g/mol. The normalized spacial score (nSPS) is 20.6. The van der Waals surface area contributed by atoms with Crippen LogP contribution in [0.2, 0.25) is 0 Å². The molecule has 2 N–H and O–H groups in total. The largest absolute Gasteiger partial charge is 0.370 e. The first kappa shape index (κ1) is 18.0. The standard InChI is InChI=1S/C19H32N6/c1-2-23-11-13-24(14-12-23)18-8-7-17(15-21-18)16-22-19(20)25-9-5-3-4-6-10-25/h7-8,15H,2-6,9-14,16H2,1H3,(H2,20,22). The molecule has 2 aliphatic rings. The highest BCUT2D eigenvalue weighted by Crippen LogP contribution is 2.15. The van der Waals surface area contributed by atoms with Crippen molar-refractivity contribution < 1.29 is 0 Å². The molecule has 0 radical (unpaired) electrons. The summed E-state index contributed by atoms with van der Waals surface area (Å²) in [4.78, 5) is 16.3. The number of likely N-dealkylation sites (N-methyl/N-ethyl adjacent to an activating group) is 1. The Morgan fingerprint density at radius 1 is 1.04 bits per heavy atom. The smallest absolute Gasteiger partial charge is 0.191 e. The van der Waals surface area contributed by atoms with Crippen LogP contribution in [0.15, 0.2) is 23.3 Å². The average molecular weight is 345 g/mol. The molecular formula is C19H32N6. The minimum absolute atomic E-state index is 0.610. The summed E-state index contributed by atoms with van der Waals surface area (Å²) in [7, 11) is 0. The van der Waals surface area contributed by atoms with Crippen molar-refractivity contribution in [3.63, 3.8) is 0 Å². The SMILES string of the molecule is CCN1CCN(c2ccc(CN=C(N)N3CCCCCC3)cn2)CC1. The molecule has 0 aromatic carbocycles. The van der Waals surface area contributed by atoms with E-state index in [2.05, 4.69) is 43.7 Å². The fourth-order valence-corrected chi connectivity index (χ4v) is 3.56. The summed E-state index contributed by atoms with van der Waals surface area (Å²) in [6.45, 7) is 10.4. The molecule has 138 valence electrons. The molecule has 6 heteroatoms. The van der Waals surface area contributed by atoms with E-state index in [1.54, 1.807) is 0 Å². The van der Waals surface area contributed by atoms with Gasteiger partial charge in [-0.1, -0.05) is 25.8 Å². The van der Waals surface area contributed by atoms with E-state index in [0.29, 0.717) is 12.5 Å². The van der Waals surface area contributed by atoms with Crippen molar-refractivity contribution in [1.29, 1.82) is 0 Å². The number of piperazine rings is 1. The lowest BCUT2D eigenvalue weighted by Gasteiger charge is -2.34. The molecule has 2 fully saturated rings. The van der Waals surface area contributed by atoms with E-state index in [1.807, 2.05) is 6.20 Å². The summed E-state index contributed by atoms with van der Waals surface area (Å²) in [5, 5.41) is 0.